The minimum atomic E-state index is 0.384. The summed E-state index contributed by atoms with van der Waals surface area (Å²) < 4.78 is 0. The van der Waals surface area contributed by atoms with E-state index in [9.17, 15) is 0 Å². The molecule has 2 aliphatic carbocycles. The molecule has 0 amide bonds. The smallest absolute Gasteiger partial charge is 0.0368 e. The third kappa shape index (κ3) is 3.69. The van der Waals surface area contributed by atoms with Gasteiger partial charge in [-0.25, -0.2) is 0 Å². The number of para-hydroxylation sites is 1. The molecular formula is C23H32N2. The maximum Gasteiger partial charge on any atom is 0.0368 e. The third-order valence-electron chi connectivity index (χ3n) is 6.58. The molecule has 1 aromatic carbocycles. The van der Waals surface area contributed by atoms with Crippen molar-refractivity contribution in [2.24, 2.45) is 5.41 Å². The van der Waals surface area contributed by atoms with Gasteiger partial charge in [-0.15, -0.1) is 0 Å². The largest absolute Gasteiger partial charge is 0.368 e. The predicted molar refractivity (Wildman–Crippen MR) is 107 cm³/mol. The lowest BCUT2D eigenvalue weighted by atomic mass is 9.78. The van der Waals surface area contributed by atoms with Crippen LogP contribution in [0.15, 0.2) is 54.1 Å². The van der Waals surface area contributed by atoms with Crippen LogP contribution in [0.3, 0.4) is 0 Å². The predicted octanol–water partition coefficient (Wildman–Crippen LogP) is 5.08. The van der Waals surface area contributed by atoms with Crippen LogP contribution in [0.4, 0.5) is 5.69 Å². The molecule has 3 aliphatic rings. The highest BCUT2D eigenvalue weighted by molar-refractivity contribution is 5.49. The number of allylic oxidation sites excluding steroid dienone is 3. The Kier molecular flexibility index (Phi) is 4.98. The van der Waals surface area contributed by atoms with Crippen molar-refractivity contribution >= 4 is 5.69 Å². The van der Waals surface area contributed by atoms with Gasteiger partial charge in [0.25, 0.3) is 0 Å². The summed E-state index contributed by atoms with van der Waals surface area (Å²) in [6.07, 6.45) is 16.1. The van der Waals surface area contributed by atoms with E-state index in [-0.39, 0.29) is 0 Å². The van der Waals surface area contributed by atoms with Crippen LogP contribution in [0.1, 0.15) is 51.9 Å². The molecule has 0 spiro atoms. The summed E-state index contributed by atoms with van der Waals surface area (Å²) in [5.41, 5.74) is 3.45. The zero-order chi connectivity index (χ0) is 17.1. The van der Waals surface area contributed by atoms with Crippen molar-refractivity contribution in [3.05, 3.63) is 54.1 Å². The van der Waals surface area contributed by atoms with Gasteiger partial charge in [0, 0.05) is 24.3 Å². The SMILES string of the molecule is CC12CC=CC=C1CC(N(CCC1CCCCN1)c1ccccc1)C2. The Labute approximate surface area is 153 Å². The summed E-state index contributed by atoms with van der Waals surface area (Å²) in [5, 5.41) is 3.73. The van der Waals surface area contributed by atoms with Crippen molar-refractivity contribution in [3.63, 3.8) is 0 Å². The average molecular weight is 337 g/mol. The van der Waals surface area contributed by atoms with Gasteiger partial charge in [-0.1, -0.05) is 55.3 Å². The van der Waals surface area contributed by atoms with Crippen molar-refractivity contribution in [1.29, 1.82) is 0 Å². The molecular weight excluding hydrogens is 304 g/mol. The minimum Gasteiger partial charge on any atom is -0.368 e. The zero-order valence-electron chi connectivity index (χ0n) is 15.6. The second-order valence-corrected chi connectivity index (χ2v) is 8.41. The lowest BCUT2D eigenvalue weighted by Crippen LogP contribution is -2.40. The highest BCUT2D eigenvalue weighted by Crippen LogP contribution is 2.49. The first-order valence-electron chi connectivity index (χ1n) is 10.2. The van der Waals surface area contributed by atoms with E-state index in [1.807, 2.05) is 0 Å². The molecule has 134 valence electrons. The van der Waals surface area contributed by atoms with Crippen molar-refractivity contribution < 1.29 is 0 Å². The van der Waals surface area contributed by atoms with Crippen LogP contribution in [-0.4, -0.2) is 25.2 Å². The second kappa shape index (κ2) is 7.37. The molecule has 1 saturated heterocycles. The first kappa shape index (κ1) is 16.9. The fraction of sp³-hybridized carbons (Fsp3) is 0.565. The molecule has 2 heteroatoms. The summed E-state index contributed by atoms with van der Waals surface area (Å²) in [5.74, 6) is 0. The normalized spacial score (nSPS) is 31.5. The van der Waals surface area contributed by atoms with Gasteiger partial charge in [0.2, 0.25) is 0 Å². The van der Waals surface area contributed by atoms with E-state index in [1.165, 1.54) is 63.7 Å². The number of benzene rings is 1. The van der Waals surface area contributed by atoms with E-state index in [0.29, 0.717) is 17.5 Å². The number of anilines is 1. The molecule has 1 aromatic rings. The van der Waals surface area contributed by atoms with Crippen LogP contribution in [0.5, 0.6) is 0 Å². The number of fused-ring (bicyclic) bond motifs is 1. The Morgan fingerprint density at radius 2 is 2.08 bits per heavy atom. The van der Waals surface area contributed by atoms with E-state index in [4.69, 9.17) is 0 Å². The van der Waals surface area contributed by atoms with Gasteiger partial charge in [0.1, 0.15) is 0 Å². The highest BCUT2D eigenvalue weighted by atomic mass is 15.2. The number of rotatable bonds is 5. The number of hydrogen-bond donors (Lipinski definition) is 1. The Hall–Kier alpha value is -1.54. The molecule has 1 aliphatic heterocycles. The van der Waals surface area contributed by atoms with Crippen molar-refractivity contribution in [2.45, 2.75) is 64.0 Å². The van der Waals surface area contributed by atoms with Gasteiger partial charge < -0.3 is 10.2 Å². The zero-order valence-corrected chi connectivity index (χ0v) is 15.6. The maximum atomic E-state index is 3.73. The highest BCUT2D eigenvalue weighted by Gasteiger charge is 2.41. The van der Waals surface area contributed by atoms with Gasteiger partial charge in [0.05, 0.1) is 0 Å². The third-order valence-corrected chi connectivity index (χ3v) is 6.58. The summed E-state index contributed by atoms with van der Waals surface area (Å²) in [6, 6.07) is 12.4. The Bertz CT molecular complexity index is 627. The summed E-state index contributed by atoms with van der Waals surface area (Å²) >= 11 is 0. The number of nitrogens with one attached hydrogen (secondary N) is 1. The first-order chi connectivity index (χ1) is 12.2. The molecule has 0 aromatic heterocycles. The van der Waals surface area contributed by atoms with Crippen molar-refractivity contribution in [1.82, 2.24) is 5.32 Å². The monoisotopic (exact) mass is 336 g/mol. The molecule has 0 radical (unpaired) electrons. The van der Waals surface area contributed by atoms with Gasteiger partial charge >= 0.3 is 0 Å². The van der Waals surface area contributed by atoms with Crippen LogP contribution >= 0.6 is 0 Å². The molecule has 3 unspecified atom stereocenters. The topological polar surface area (TPSA) is 15.3 Å². The van der Waals surface area contributed by atoms with Gasteiger partial charge in [0.15, 0.2) is 0 Å². The molecule has 2 nitrogen and oxygen atoms in total. The summed E-state index contributed by atoms with van der Waals surface area (Å²) in [7, 11) is 0. The number of nitrogens with zero attached hydrogens (tertiary/aromatic N) is 1. The van der Waals surface area contributed by atoms with Gasteiger partial charge in [-0.05, 0) is 62.6 Å². The molecule has 1 saturated carbocycles. The fourth-order valence-electron chi connectivity index (χ4n) is 5.05. The minimum absolute atomic E-state index is 0.384. The quantitative estimate of drug-likeness (QED) is 0.806. The lowest BCUT2D eigenvalue weighted by molar-refractivity contribution is 0.367. The first-order valence-corrected chi connectivity index (χ1v) is 10.2. The Balaban J connectivity index is 1.50. The number of hydrogen-bond acceptors (Lipinski definition) is 2. The molecule has 1 heterocycles. The maximum absolute atomic E-state index is 3.73. The molecule has 4 rings (SSSR count). The lowest BCUT2D eigenvalue weighted by Gasteiger charge is -2.34. The summed E-state index contributed by atoms with van der Waals surface area (Å²) in [6.45, 7) is 4.84. The standard InChI is InChI=1S/C23H32N2/c1-23-14-7-5-9-19(23)17-22(18-23)25(21-11-3-2-4-12-21)16-13-20-10-6-8-15-24-20/h2-5,7,9,11-12,20,22,24H,6,8,10,13-18H2,1H3. The molecule has 25 heavy (non-hydrogen) atoms. The summed E-state index contributed by atoms with van der Waals surface area (Å²) in [4.78, 5) is 2.71. The van der Waals surface area contributed by atoms with Gasteiger partial charge in [-0.3, -0.25) is 0 Å². The van der Waals surface area contributed by atoms with Gasteiger partial charge in [-0.2, -0.15) is 0 Å². The van der Waals surface area contributed by atoms with E-state index < -0.39 is 0 Å². The average Bonchev–Trinajstić information content (AvgIpc) is 3.00. The van der Waals surface area contributed by atoms with E-state index in [0.717, 1.165) is 0 Å². The Morgan fingerprint density at radius 1 is 1.20 bits per heavy atom. The fourth-order valence-corrected chi connectivity index (χ4v) is 5.05. The van der Waals surface area contributed by atoms with Crippen LogP contribution < -0.4 is 10.2 Å². The van der Waals surface area contributed by atoms with Crippen LogP contribution in [-0.2, 0) is 0 Å². The van der Waals surface area contributed by atoms with Crippen LogP contribution in [0.2, 0.25) is 0 Å². The molecule has 3 atom stereocenters. The van der Waals surface area contributed by atoms with E-state index in [1.54, 1.807) is 5.57 Å². The van der Waals surface area contributed by atoms with E-state index in [2.05, 4.69) is 65.7 Å². The van der Waals surface area contributed by atoms with E-state index >= 15 is 0 Å². The van der Waals surface area contributed by atoms with Crippen molar-refractivity contribution in [3.8, 4) is 0 Å². The van der Waals surface area contributed by atoms with Crippen LogP contribution in [0.25, 0.3) is 0 Å². The number of piperidine rings is 1. The molecule has 0 bridgehead atoms. The van der Waals surface area contributed by atoms with Crippen molar-refractivity contribution in [2.75, 3.05) is 18.0 Å². The molecule has 1 N–H and O–H groups in total. The second-order valence-electron chi connectivity index (χ2n) is 8.41. The Morgan fingerprint density at radius 3 is 2.84 bits per heavy atom. The molecule has 2 fully saturated rings. The van der Waals surface area contributed by atoms with Crippen LogP contribution in [0, 0.1) is 5.41 Å².